The van der Waals surface area contributed by atoms with Crippen LogP contribution >= 0.6 is 0 Å². The Kier molecular flexibility index (Phi) is 3.56. The lowest BCUT2D eigenvalue weighted by Gasteiger charge is -2.24. The van der Waals surface area contributed by atoms with Gasteiger partial charge in [-0.1, -0.05) is 0 Å². The molecule has 0 fully saturated rings. The Bertz CT molecular complexity index is 564. The molecule has 0 saturated carbocycles. The molecule has 2 rings (SSSR count). The summed E-state index contributed by atoms with van der Waals surface area (Å²) in [5.74, 6) is 0.712. The molecule has 0 aliphatic carbocycles. The summed E-state index contributed by atoms with van der Waals surface area (Å²) in [6.07, 6.45) is -1.32. The lowest BCUT2D eigenvalue weighted by Crippen LogP contribution is -2.38. The molecule has 0 bridgehead atoms. The van der Waals surface area contributed by atoms with Gasteiger partial charge in [0.25, 0.3) is 0 Å². The summed E-state index contributed by atoms with van der Waals surface area (Å²) in [4.78, 5) is 5.03. The van der Waals surface area contributed by atoms with Gasteiger partial charge in [-0.2, -0.15) is 13.2 Å². The number of hydrogen-bond donors (Lipinski definition) is 1. The predicted octanol–water partition coefficient (Wildman–Crippen LogP) is 0.760. The standard InChI is InChI=1S/C10H13F3N6/c1-7-16-17-9-8(15-3-5-19(7)9)18(4-2-14)6-10(11,12)13/h3,5H,2,4,6,14H2,1H3. The summed E-state index contributed by atoms with van der Waals surface area (Å²) in [6.45, 7) is 0.716. The van der Waals surface area contributed by atoms with Gasteiger partial charge in [-0.25, -0.2) is 4.98 Å². The summed E-state index contributed by atoms with van der Waals surface area (Å²) in [5, 5.41) is 7.68. The molecule has 104 valence electrons. The molecule has 19 heavy (non-hydrogen) atoms. The smallest absolute Gasteiger partial charge is 0.343 e. The van der Waals surface area contributed by atoms with Crippen molar-refractivity contribution < 1.29 is 13.2 Å². The van der Waals surface area contributed by atoms with Crippen LogP contribution < -0.4 is 10.6 Å². The first kappa shape index (κ1) is 13.5. The number of halogens is 3. The van der Waals surface area contributed by atoms with Crippen LogP contribution in [-0.2, 0) is 0 Å². The lowest BCUT2D eigenvalue weighted by atomic mass is 10.4. The van der Waals surface area contributed by atoms with Crippen molar-refractivity contribution >= 4 is 11.5 Å². The number of fused-ring (bicyclic) bond motifs is 1. The van der Waals surface area contributed by atoms with Gasteiger partial charge in [0.1, 0.15) is 12.4 Å². The maximum absolute atomic E-state index is 12.6. The zero-order valence-corrected chi connectivity index (χ0v) is 10.2. The van der Waals surface area contributed by atoms with E-state index < -0.39 is 12.7 Å². The highest BCUT2D eigenvalue weighted by Gasteiger charge is 2.32. The first-order chi connectivity index (χ1) is 8.92. The highest BCUT2D eigenvalue weighted by Crippen LogP contribution is 2.23. The van der Waals surface area contributed by atoms with Crippen LogP contribution in [-0.4, -0.2) is 45.4 Å². The second kappa shape index (κ2) is 5.00. The van der Waals surface area contributed by atoms with E-state index in [0.29, 0.717) is 5.82 Å². The van der Waals surface area contributed by atoms with Crippen molar-refractivity contribution in [2.24, 2.45) is 5.73 Å². The minimum absolute atomic E-state index is 0.0398. The van der Waals surface area contributed by atoms with Gasteiger partial charge in [0.2, 0.25) is 5.65 Å². The molecule has 0 unspecified atom stereocenters. The van der Waals surface area contributed by atoms with Gasteiger partial charge in [-0.05, 0) is 6.92 Å². The maximum Gasteiger partial charge on any atom is 0.405 e. The van der Waals surface area contributed by atoms with E-state index >= 15 is 0 Å². The second-order valence-electron chi connectivity index (χ2n) is 4.02. The fourth-order valence-corrected chi connectivity index (χ4v) is 1.78. The highest BCUT2D eigenvalue weighted by molar-refractivity contribution is 5.63. The number of aromatic nitrogens is 4. The predicted molar refractivity (Wildman–Crippen MR) is 62.8 cm³/mol. The number of anilines is 1. The number of nitrogens with zero attached hydrogens (tertiary/aromatic N) is 5. The summed E-state index contributed by atoms with van der Waals surface area (Å²) in [6, 6.07) is 0. The van der Waals surface area contributed by atoms with E-state index in [-0.39, 0.29) is 24.6 Å². The monoisotopic (exact) mass is 274 g/mol. The first-order valence-corrected chi connectivity index (χ1v) is 5.60. The van der Waals surface area contributed by atoms with Gasteiger partial charge in [0.15, 0.2) is 5.82 Å². The Morgan fingerprint density at radius 1 is 1.37 bits per heavy atom. The Balaban J connectivity index is 2.44. The Morgan fingerprint density at radius 2 is 2.11 bits per heavy atom. The van der Waals surface area contributed by atoms with E-state index in [0.717, 1.165) is 4.90 Å². The number of hydrogen-bond acceptors (Lipinski definition) is 5. The fraction of sp³-hybridized carbons (Fsp3) is 0.500. The van der Waals surface area contributed by atoms with Gasteiger partial charge in [-0.3, -0.25) is 4.40 Å². The summed E-state index contributed by atoms with van der Waals surface area (Å²) in [7, 11) is 0. The molecule has 6 nitrogen and oxygen atoms in total. The Labute approximate surface area is 107 Å². The van der Waals surface area contributed by atoms with Crippen LogP contribution in [0.1, 0.15) is 5.82 Å². The fourth-order valence-electron chi connectivity index (χ4n) is 1.78. The minimum Gasteiger partial charge on any atom is -0.343 e. The zero-order valence-electron chi connectivity index (χ0n) is 10.2. The van der Waals surface area contributed by atoms with Crippen LogP contribution in [0.3, 0.4) is 0 Å². The maximum atomic E-state index is 12.6. The molecule has 0 aromatic carbocycles. The van der Waals surface area contributed by atoms with Crippen molar-refractivity contribution in [2.45, 2.75) is 13.1 Å². The van der Waals surface area contributed by atoms with Crippen LogP contribution in [0.2, 0.25) is 0 Å². The molecule has 0 radical (unpaired) electrons. The molecular formula is C10H13F3N6. The van der Waals surface area contributed by atoms with Crippen molar-refractivity contribution in [1.29, 1.82) is 0 Å². The normalized spacial score (nSPS) is 12.1. The van der Waals surface area contributed by atoms with E-state index in [1.165, 1.54) is 6.20 Å². The van der Waals surface area contributed by atoms with Crippen molar-refractivity contribution in [3.8, 4) is 0 Å². The Hall–Kier alpha value is -1.90. The molecule has 0 aliphatic rings. The van der Waals surface area contributed by atoms with E-state index in [1.807, 2.05) is 0 Å². The van der Waals surface area contributed by atoms with Crippen molar-refractivity contribution in [1.82, 2.24) is 19.6 Å². The average Bonchev–Trinajstić information content (AvgIpc) is 2.69. The summed E-state index contributed by atoms with van der Waals surface area (Å²) in [5.41, 5.74) is 5.64. The van der Waals surface area contributed by atoms with Gasteiger partial charge in [0, 0.05) is 25.5 Å². The highest BCUT2D eigenvalue weighted by atomic mass is 19.4. The number of aryl methyl sites for hydroxylation is 1. The Morgan fingerprint density at radius 3 is 2.74 bits per heavy atom. The minimum atomic E-state index is -4.33. The molecule has 0 saturated heterocycles. The van der Waals surface area contributed by atoms with Crippen molar-refractivity contribution in [2.75, 3.05) is 24.5 Å². The quantitative estimate of drug-likeness (QED) is 0.891. The third-order valence-corrected chi connectivity index (χ3v) is 2.55. The number of rotatable bonds is 4. The molecule has 0 aliphatic heterocycles. The topological polar surface area (TPSA) is 72.3 Å². The average molecular weight is 274 g/mol. The first-order valence-electron chi connectivity index (χ1n) is 5.60. The van der Waals surface area contributed by atoms with Crippen LogP contribution in [0.15, 0.2) is 12.4 Å². The van der Waals surface area contributed by atoms with E-state index in [1.54, 1.807) is 17.5 Å². The molecule has 0 amide bonds. The van der Waals surface area contributed by atoms with E-state index in [4.69, 9.17) is 5.73 Å². The molecule has 0 spiro atoms. The van der Waals surface area contributed by atoms with E-state index in [9.17, 15) is 13.2 Å². The molecule has 2 heterocycles. The van der Waals surface area contributed by atoms with Gasteiger partial charge < -0.3 is 10.6 Å². The molecule has 2 N–H and O–H groups in total. The van der Waals surface area contributed by atoms with Crippen molar-refractivity contribution in [3.63, 3.8) is 0 Å². The van der Waals surface area contributed by atoms with Gasteiger partial charge in [-0.15, -0.1) is 10.2 Å². The molecule has 9 heteroatoms. The SMILES string of the molecule is Cc1nnc2c(N(CCN)CC(F)(F)F)nccn12. The molecular weight excluding hydrogens is 261 g/mol. The summed E-state index contributed by atoms with van der Waals surface area (Å²) < 4.78 is 39.3. The number of alkyl halides is 3. The van der Waals surface area contributed by atoms with Gasteiger partial charge >= 0.3 is 6.18 Å². The third-order valence-electron chi connectivity index (χ3n) is 2.55. The van der Waals surface area contributed by atoms with Crippen LogP contribution in [0.4, 0.5) is 19.0 Å². The molecule has 2 aromatic heterocycles. The molecule has 0 atom stereocenters. The van der Waals surface area contributed by atoms with Crippen LogP contribution in [0.25, 0.3) is 5.65 Å². The molecule has 2 aromatic rings. The van der Waals surface area contributed by atoms with Gasteiger partial charge in [0.05, 0.1) is 0 Å². The van der Waals surface area contributed by atoms with Crippen LogP contribution in [0.5, 0.6) is 0 Å². The third kappa shape index (κ3) is 2.92. The largest absolute Gasteiger partial charge is 0.405 e. The van der Waals surface area contributed by atoms with Crippen LogP contribution in [0, 0.1) is 6.92 Å². The zero-order chi connectivity index (χ0) is 14.0. The van der Waals surface area contributed by atoms with Crippen molar-refractivity contribution in [3.05, 3.63) is 18.2 Å². The second-order valence-corrected chi connectivity index (χ2v) is 4.02. The van der Waals surface area contributed by atoms with E-state index in [2.05, 4.69) is 15.2 Å². The lowest BCUT2D eigenvalue weighted by molar-refractivity contribution is -0.119. The summed E-state index contributed by atoms with van der Waals surface area (Å²) >= 11 is 0. The number of nitrogens with two attached hydrogens (primary N) is 1.